The van der Waals surface area contributed by atoms with Crippen LogP contribution in [0.1, 0.15) is 26.7 Å². The first-order valence-corrected chi connectivity index (χ1v) is 4.05. The van der Waals surface area contributed by atoms with E-state index < -0.39 is 17.5 Å². The fourth-order valence-electron chi connectivity index (χ4n) is 0.494. The van der Waals surface area contributed by atoms with E-state index in [2.05, 4.69) is 0 Å². The molecule has 0 heterocycles. The van der Waals surface area contributed by atoms with E-state index in [0.717, 1.165) is 0 Å². The Morgan fingerprint density at radius 2 is 1.64 bits per heavy atom. The summed E-state index contributed by atoms with van der Waals surface area (Å²) in [5.74, 6) is -1.81. The highest BCUT2D eigenvalue weighted by Crippen LogP contribution is 2.05. The summed E-state index contributed by atoms with van der Waals surface area (Å²) >= 11 is 0. The number of hydrogen-bond donors (Lipinski definition) is 4. The minimum absolute atomic E-state index is 0.0694. The Morgan fingerprint density at radius 3 is 1.64 bits per heavy atom. The molecule has 0 bridgehead atoms. The Balaban J connectivity index is 0. The van der Waals surface area contributed by atoms with Crippen LogP contribution < -0.4 is 5.73 Å². The summed E-state index contributed by atoms with van der Waals surface area (Å²) < 4.78 is 0. The summed E-state index contributed by atoms with van der Waals surface area (Å²) in [7, 11) is 0. The van der Waals surface area contributed by atoms with E-state index in [4.69, 9.17) is 21.1 Å². The van der Waals surface area contributed by atoms with Crippen molar-refractivity contribution in [3.8, 4) is 0 Å². The third-order valence-electron chi connectivity index (χ3n) is 0.942. The Bertz CT molecular complexity index is 185. The summed E-state index contributed by atoms with van der Waals surface area (Å²) in [6.45, 7) is 3.15. The molecule has 0 spiro atoms. The van der Waals surface area contributed by atoms with Crippen molar-refractivity contribution in [2.24, 2.45) is 5.73 Å². The summed E-state index contributed by atoms with van der Waals surface area (Å²) in [4.78, 5) is 19.4. The smallest absolute Gasteiger partial charge is 0.306 e. The lowest BCUT2D eigenvalue weighted by molar-refractivity contribution is -0.141. The van der Waals surface area contributed by atoms with E-state index in [1.807, 2.05) is 0 Å². The molecule has 84 valence electrons. The summed E-state index contributed by atoms with van der Waals surface area (Å²) in [5.41, 5.74) is 3.77. The first-order valence-electron chi connectivity index (χ1n) is 4.05. The van der Waals surface area contributed by atoms with E-state index in [-0.39, 0.29) is 19.4 Å². The molecule has 0 aromatic heterocycles. The zero-order chi connectivity index (χ0) is 11.8. The average molecular weight is 207 g/mol. The van der Waals surface area contributed by atoms with Gasteiger partial charge in [0, 0.05) is 6.54 Å². The van der Waals surface area contributed by atoms with Crippen LogP contribution in [0.5, 0.6) is 0 Å². The highest BCUT2D eigenvalue weighted by molar-refractivity contribution is 5.67. The molecule has 0 aliphatic heterocycles. The maximum Gasteiger partial charge on any atom is 0.306 e. The molecule has 0 aliphatic carbocycles. The number of carbonyl (C=O) groups is 2. The standard InChI is InChI=1S/C5H10O3.C3H7NO2/c1-5(2,8)3-4(6)7;4-2-1-3(5)6/h8H,3H2,1-2H3,(H,6,7);1-2,4H2,(H,5,6). The molecule has 0 aliphatic rings. The Morgan fingerprint density at radius 1 is 1.21 bits per heavy atom. The summed E-state index contributed by atoms with van der Waals surface area (Å²) in [5, 5.41) is 24.7. The zero-order valence-corrected chi connectivity index (χ0v) is 8.36. The Labute approximate surface area is 82.3 Å². The van der Waals surface area contributed by atoms with Crippen LogP contribution in [0.4, 0.5) is 0 Å². The van der Waals surface area contributed by atoms with Crippen LogP contribution in [0, 0.1) is 0 Å². The third-order valence-corrected chi connectivity index (χ3v) is 0.942. The lowest BCUT2D eigenvalue weighted by Gasteiger charge is -2.12. The molecular formula is C8H17NO5. The number of nitrogens with two attached hydrogens (primary N) is 1. The van der Waals surface area contributed by atoms with Gasteiger partial charge in [0.15, 0.2) is 0 Å². The van der Waals surface area contributed by atoms with Crippen molar-refractivity contribution < 1.29 is 24.9 Å². The van der Waals surface area contributed by atoms with Crippen molar-refractivity contribution in [3.05, 3.63) is 0 Å². The number of aliphatic hydroxyl groups is 1. The molecule has 0 unspecified atom stereocenters. The molecule has 0 saturated carbocycles. The molecule has 0 aromatic carbocycles. The molecule has 6 heteroatoms. The van der Waals surface area contributed by atoms with Gasteiger partial charge in [0.05, 0.1) is 18.4 Å². The molecule has 6 nitrogen and oxygen atoms in total. The molecule has 0 fully saturated rings. The van der Waals surface area contributed by atoms with Crippen molar-refractivity contribution in [2.75, 3.05) is 6.54 Å². The highest BCUT2D eigenvalue weighted by Gasteiger charge is 2.16. The van der Waals surface area contributed by atoms with Gasteiger partial charge in [0.2, 0.25) is 0 Å². The van der Waals surface area contributed by atoms with Gasteiger partial charge in [0.25, 0.3) is 0 Å². The van der Waals surface area contributed by atoms with E-state index in [0.29, 0.717) is 0 Å². The number of carboxylic acids is 2. The molecule has 0 rings (SSSR count). The monoisotopic (exact) mass is 207 g/mol. The number of rotatable bonds is 4. The topological polar surface area (TPSA) is 121 Å². The van der Waals surface area contributed by atoms with Crippen molar-refractivity contribution in [3.63, 3.8) is 0 Å². The van der Waals surface area contributed by atoms with Crippen molar-refractivity contribution in [1.82, 2.24) is 0 Å². The molecule has 14 heavy (non-hydrogen) atoms. The van der Waals surface area contributed by atoms with Gasteiger partial charge in [-0.15, -0.1) is 0 Å². The maximum atomic E-state index is 9.85. The summed E-state index contributed by atoms with van der Waals surface area (Å²) in [6, 6.07) is 0. The number of aliphatic carboxylic acids is 2. The molecule has 0 aromatic rings. The maximum absolute atomic E-state index is 9.85. The lowest BCUT2D eigenvalue weighted by Crippen LogP contribution is -2.22. The molecule has 0 saturated heterocycles. The minimum Gasteiger partial charge on any atom is -0.481 e. The third kappa shape index (κ3) is 22.4. The molecule has 0 amide bonds. The fraction of sp³-hybridized carbons (Fsp3) is 0.750. The van der Waals surface area contributed by atoms with E-state index in [1.54, 1.807) is 0 Å². The number of hydrogen-bond acceptors (Lipinski definition) is 4. The van der Waals surface area contributed by atoms with Gasteiger partial charge >= 0.3 is 11.9 Å². The van der Waals surface area contributed by atoms with Crippen LogP contribution in [-0.4, -0.2) is 39.4 Å². The van der Waals surface area contributed by atoms with Crippen LogP contribution >= 0.6 is 0 Å². The van der Waals surface area contributed by atoms with Crippen molar-refractivity contribution >= 4 is 11.9 Å². The van der Waals surface area contributed by atoms with Gasteiger partial charge < -0.3 is 21.1 Å². The Hall–Kier alpha value is -1.14. The molecule has 5 N–H and O–H groups in total. The normalized spacial score (nSPS) is 10.0. The van der Waals surface area contributed by atoms with Gasteiger partial charge in [-0.1, -0.05) is 0 Å². The lowest BCUT2D eigenvalue weighted by atomic mass is 10.1. The predicted octanol–water partition coefficient (Wildman–Crippen LogP) is -0.348. The fourth-order valence-corrected chi connectivity index (χ4v) is 0.494. The zero-order valence-electron chi connectivity index (χ0n) is 8.36. The molecule has 0 radical (unpaired) electrons. The average Bonchev–Trinajstić information content (AvgIpc) is 1.80. The van der Waals surface area contributed by atoms with Gasteiger partial charge in [-0.3, -0.25) is 9.59 Å². The molecular weight excluding hydrogens is 190 g/mol. The first kappa shape index (κ1) is 15.3. The van der Waals surface area contributed by atoms with Crippen molar-refractivity contribution in [2.45, 2.75) is 32.3 Å². The Kier molecular flexibility index (Phi) is 7.98. The second kappa shape index (κ2) is 7.28. The predicted molar refractivity (Wildman–Crippen MR) is 49.9 cm³/mol. The van der Waals surface area contributed by atoms with Crippen LogP contribution in [0.15, 0.2) is 0 Å². The van der Waals surface area contributed by atoms with Crippen LogP contribution in [0.3, 0.4) is 0 Å². The van der Waals surface area contributed by atoms with Crippen LogP contribution in [0.2, 0.25) is 0 Å². The van der Waals surface area contributed by atoms with E-state index in [9.17, 15) is 9.59 Å². The number of carboxylic acid groups (broad SMARTS) is 2. The second-order valence-corrected chi connectivity index (χ2v) is 3.32. The molecule has 0 atom stereocenters. The van der Waals surface area contributed by atoms with Gasteiger partial charge in [-0.2, -0.15) is 0 Å². The summed E-state index contributed by atoms with van der Waals surface area (Å²) in [6.07, 6.45) is -0.132. The van der Waals surface area contributed by atoms with Crippen LogP contribution in [-0.2, 0) is 9.59 Å². The van der Waals surface area contributed by atoms with Gasteiger partial charge in [-0.25, -0.2) is 0 Å². The van der Waals surface area contributed by atoms with Crippen LogP contribution in [0.25, 0.3) is 0 Å². The minimum atomic E-state index is -1.08. The van der Waals surface area contributed by atoms with E-state index >= 15 is 0 Å². The van der Waals surface area contributed by atoms with Gasteiger partial charge in [0.1, 0.15) is 0 Å². The highest BCUT2D eigenvalue weighted by atomic mass is 16.4. The van der Waals surface area contributed by atoms with Gasteiger partial charge in [-0.05, 0) is 13.8 Å². The van der Waals surface area contributed by atoms with E-state index in [1.165, 1.54) is 13.8 Å². The van der Waals surface area contributed by atoms with Crippen molar-refractivity contribution in [1.29, 1.82) is 0 Å². The SMILES string of the molecule is CC(C)(O)CC(=O)O.NCCC(=O)O. The quantitative estimate of drug-likeness (QED) is 0.500. The largest absolute Gasteiger partial charge is 0.481 e. The second-order valence-electron chi connectivity index (χ2n) is 3.32. The first-order chi connectivity index (χ1) is 6.19.